The van der Waals surface area contributed by atoms with Crippen molar-refractivity contribution < 1.29 is 9.53 Å². The minimum Gasteiger partial charge on any atom is -0.385 e. The Bertz CT molecular complexity index is 663. The molecule has 7 heteroatoms. The van der Waals surface area contributed by atoms with Crippen molar-refractivity contribution in [2.45, 2.75) is 6.42 Å². The number of nitrogens with zero attached hydrogens (tertiary/aromatic N) is 1. The molecule has 0 unspecified atom stereocenters. The van der Waals surface area contributed by atoms with Crippen LogP contribution in [0.15, 0.2) is 36.5 Å². The van der Waals surface area contributed by atoms with E-state index in [-0.39, 0.29) is 5.91 Å². The van der Waals surface area contributed by atoms with Crippen LogP contribution in [0.3, 0.4) is 0 Å². The number of aromatic nitrogens is 1. The number of hydrogen-bond acceptors (Lipinski definition) is 4. The van der Waals surface area contributed by atoms with Gasteiger partial charge in [-0.3, -0.25) is 4.79 Å². The molecule has 1 heterocycles. The first-order chi connectivity index (χ1) is 11.1. The van der Waals surface area contributed by atoms with Crippen molar-refractivity contribution in [3.63, 3.8) is 0 Å². The molecule has 0 atom stereocenters. The number of carbonyl (C=O) groups excluding carboxylic acids is 1. The molecule has 0 aliphatic rings. The third-order valence-electron chi connectivity index (χ3n) is 3.03. The minimum atomic E-state index is -0.299. The molecule has 1 amide bonds. The van der Waals surface area contributed by atoms with Gasteiger partial charge in [0, 0.05) is 31.5 Å². The molecular weight excluding hydrogens is 337 g/mol. The van der Waals surface area contributed by atoms with E-state index in [4.69, 9.17) is 27.9 Å². The first-order valence-corrected chi connectivity index (χ1v) is 7.81. The Morgan fingerprint density at radius 2 is 2.09 bits per heavy atom. The van der Waals surface area contributed by atoms with Gasteiger partial charge in [0.25, 0.3) is 5.91 Å². The molecule has 0 fully saturated rings. The lowest BCUT2D eigenvalue weighted by Crippen LogP contribution is -2.13. The van der Waals surface area contributed by atoms with E-state index in [0.29, 0.717) is 33.7 Å². The molecule has 1 aromatic heterocycles. The van der Waals surface area contributed by atoms with Crippen molar-refractivity contribution in [3.8, 4) is 0 Å². The fraction of sp³-hybridized carbons (Fsp3) is 0.250. The summed E-state index contributed by atoms with van der Waals surface area (Å²) in [6.07, 6.45) is 2.39. The fourth-order valence-corrected chi connectivity index (χ4v) is 2.19. The highest BCUT2D eigenvalue weighted by Gasteiger charge is 2.09. The van der Waals surface area contributed by atoms with Crippen LogP contribution in [0.25, 0.3) is 0 Å². The Kier molecular flexibility index (Phi) is 6.65. The van der Waals surface area contributed by atoms with Gasteiger partial charge in [0.1, 0.15) is 5.82 Å². The molecule has 0 bridgehead atoms. The summed E-state index contributed by atoms with van der Waals surface area (Å²) in [4.78, 5) is 16.4. The van der Waals surface area contributed by atoms with Gasteiger partial charge in [-0.2, -0.15) is 0 Å². The van der Waals surface area contributed by atoms with E-state index >= 15 is 0 Å². The van der Waals surface area contributed by atoms with Crippen molar-refractivity contribution in [2.24, 2.45) is 0 Å². The van der Waals surface area contributed by atoms with E-state index in [1.54, 1.807) is 37.4 Å². The summed E-state index contributed by atoms with van der Waals surface area (Å²) in [6.45, 7) is 1.44. The molecule has 0 spiro atoms. The highest BCUT2D eigenvalue weighted by atomic mass is 35.5. The maximum atomic E-state index is 12.2. The molecule has 0 saturated carbocycles. The Morgan fingerprint density at radius 1 is 1.26 bits per heavy atom. The van der Waals surface area contributed by atoms with E-state index in [9.17, 15) is 4.79 Å². The van der Waals surface area contributed by atoms with Crippen LogP contribution in [-0.2, 0) is 4.74 Å². The summed E-state index contributed by atoms with van der Waals surface area (Å²) < 4.78 is 4.97. The zero-order valence-electron chi connectivity index (χ0n) is 12.6. The van der Waals surface area contributed by atoms with Crippen molar-refractivity contribution in [2.75, 3.05) is 30.9 Å². The number of rotatable bonds is 7. The number of carbonyl (C=O) groups is 1. The summed E-state index contributed by atoms with van der Waals surface area (Å²) in [5.41, 5.74) is 0.898. The summed E-state index contributed by atoms with van der Waals surface area (Å²) in [6, 6.07) is 8.33. The van der Waals surface area contributed by atoms with Gasteiger partial charge in [-0.25, -0.2) is 4.98 Å². The third-order valence-corrected chi connectivity index (χ3v) is 3.60. The van der Waals surface area contributed by atoms with Gasteiger partial charge in [0.15, 0.2) is 0 Å². The van der Waals surface area contributed by atoms with Crippen molar-refractivity contribution in [1.82, 2.24) is 4.98 Å². The van der Waals surface area contributed by atoms with Crippen LogP contribution in [0.2, 0.25) is 10.0 Å². The Labute approximate surface area is 145 Å². The van der Waals surface area contributed by atoms with Gasteiger partial charge in [0.05, 0.1) is 16.3 Å². The fourth-order valence-electron chi connectivity index (χ4n) is 1.85. The van der Waals surface area contributed by atoms with E-state index in [0.717, 1.165) is 13.0 Å². The predicted molar refractivity (Wildman–Crippen MR) is 93.6 cm³/mol. The monoisotopic (exact) mass is 353 g/mol. The van der Waals surface area contributed by atoms with E-state index in [1.165, 1.54) is 6.20 Å². The van der Waals surface area contributed by atoms with Gasteiger partial charge >= 0.3 is 0 Å². The molecule has 2 N–H and O–H groups in total. The summed E-state index contributed by atoms with van der Waals surface area (Å²) in [7, 11) is 1.66. The molecule has 2 aromatic rings. The van der Waals surface area contributed by atoms with Crippen molar-refractivity contribution in [1.29, 1.82) is 0 Å². The predicted octanol–water partition coefficient (Wildman–Crippen LogP) is 4.09. The second kappa shape index (κ2) is 8.72. The first kappa shape index (κ1) is 17.5. The second-order valence-corrected chi connectivity index (χ2v) is 5.63. The molecule has 0 saturated heterocycles. The number of halogens is 2. The number of benzene rings is 1. The standard InChI is InChI=1S/C16H17Cl2N3O2/c1-23-8-2-7-19-15-6-3-11(10-20-15)16(22)21-14-9-12(17)4-5-13(14)18/h3-6,9-10H,2,7-8H2,1H3,(H,19,20)(H,21,22). The van der Waals surface area contributed by atoms with Crippen LogP contribution in [0.1, 0.15) is 16.8 Å². The minimum absolute atomic E-state index is 0.299. The lowest BCUT2D eigenvalue weighted by atomic mass is 10.2. The van der Waals surface area contributed by atoms with Crippen LogP contribution >= 0.6 is 23.2 Å². The Balaban J connectivity index is 1.96. The number of methoxy groups -OCH3 is 1. The summed E-state index contributed by atoms with van der Waals surface area (Å²) >= 11 is 11.9. The largest absolute Gasteiger partial charge is 0.385 e. The third kappa shape index (κ3) is 5.39. The van der Waals surface area contributed by atoms with Crippen LogP contribution < -0.4 is 10.6 Å². The van der Waals surface area contributed by atoms with Crippen LogP contribution in [-0.4, -0.2) is 31.2 Å². The van der Waals surface area contributed by atoms with Crippen molar-refractivity contribution in [3.05, 3.63) is 52.1 Å². The molecule has 0 radical (unpaired) electrons. The van der Waals surface area contributed by atoms with Crippen LogP contribution in [0.5, 0.6) is 0 Å². The second-order valence-electron chi connectivity index (χ2n) is 4.78. The maximum Gasteiger partial charge on any atom is 0.257 e. The maximum absolute atomic E-state index is 12.2. The molecular formula is C16H17Cl2N3O2. The van der Waals surface area contributed by atoms with Crippen LogP contribution in [0, 0.1) is 0 Å². The molecule has 1 aromatic carbocycles. The Morgan fingerprint density at radius 3 is 2.78 bits per heavy atom. The summed E-state index contributed by atoms with van der Waals surface area (Å²) in [5.74, 6) is 0.408. The number of nitrogens with one attached hydrogen (secondary N) is 2. The average Bonchev–Trinajstić information content (AvgIpc) is 2.55. The molecule has 122 valence electrons. The van der Waals surface area contributed by atoms with E-state index < -0.39 is 0 Å². The van der Waals surface area contributed by atoms with Gasteiger partial charge in [0.2, 0.25) is 0 Å². The smallest absolute Gasteiger partial charge is 0.257 e. The number of hydrogen-bond donors (Lipinski definition) is 2. The number of amides is 1. The molecule has 5 nitrogen and oxygen atoms in total. The van der Waals surface area contributed by atoms with Gasteiger partial charge < -0.3 is 15.4 Å². The highest BCUT2D eigenvalue weighted by molar-refractivity contribution is 6.35. The molecule has 2 rings (SSSR count). The SMILES string of the molecule is COCCCNc1ccc(C(=O)Nc2cc(Cl)ccc2Cl)cn1. The van der Waals surface area contributed by atoms with Gasteiger partial charge in [-0.15, -0.1) is 0 Å². The lowest BCUT2D eigenvalue weighted by Gasteiger charge is -2.09. The quantitative estimate of drug-likeness (QED) is 0.735. The Hall–Kier alpha value is -1.82. The average molecular weight is 354 g/mol. The van der Waals surface area contributed by atoms with E-state index in [1.807, 2.05) is 0 Å². The normalized spacial score (nSPS) is 10.4. The topological polar surface area (TPSA) is 63.2 Å². The van der Waals surface area contributed by atoms with Gasteiger partial charge in [-0.1, -0.05) is 23.2 Å². The molecule has 0 aliphatic carbocycles. The molecule has 23 heavy (non-hydrogen) atoms. The lowest BCUT2D eigenvalue weighted by molar-refractivity contribution is 0.102. The van der Waals surface area contributed by atoms with Crippen LogP contribution in [0.4, 0.5) is 11.5 Å². The van der Waals surface area contributed by atoms with Gasteiger partial charge in [-0.05, 0) is 36.8 Å². The molecule has 0 aliphatic heterocycles. The number of ether oxygens (including phenoxy) is 1. The van der Waals surface area contributed by atoms with Crippen molar-refractivity contribution >= 4 is 40.6 Å². The van der Waals surface area contributed by atoms with E-state index in [2.05, 4.69) is 15.6 Å². The summed E-state index contributed by atoms with van der Waals surface area (Å²) in [5, 5.41) is 6.79. The number of pyridine rings is 1. The zero-order valence-corrected chi connectivity index (χ0v) is 14.1. The number of anilines is 2. The highest BCUT2D eigenvalue weighted by Crippen LogP contribution is 2.25. The zero-order chi connectivity index (χ0) is 16.7. The first-order valence-electron chi connectivity index (χ1n) is 7.05.